The summed E-state index contributed by atoms with van der Waals surface area (Å²) in [7, 11) is -3.08. The van der Waals surface area contributed by atoms with Crippen molar-refractivity contribution < 1.29 is 27.9 Å². The van der Waals surface area contributed by atoms with E-state index in [2.05, 4.69) is 5.32 Å². The van der Waals surface area contributed by atoms with Crippen LogP contribution >= 0.6 is 0 Å². The molecule has 0 radical (unpaired) electrons. The van der Waals surface area contributed by atoms with Gasteiger partial charge in [-0.05, 0) is 18.6 Å². The lowest BCUT2D eigenvalue weighted by atomic mass is 10.2. The Morgan fingerprint density at radius 2 is 2.05 bits per heavy atom. The molecule has 1 amide bonds. The molecule has 0 aromatic heterocycles. The molecular weight excluding hydrogens is 298 g/mol. The minimum absolute atomic E-state index is 0.0336. The van der Waals surface area contributed by atoms with E-state index in [9.17, 15) is 23.1 Å². The summed E-state index contributed by atoms with van der Waals surface area (Å²) in [6, 6.07) is 5.38. The second kappa shape index (κ2) is 6.13. The maximum Gasteiger partial charge on any atom is 0.342 e. The van der Waals surface area contributed by atoms with E-state index in [4.69, 9.17) is 4.74 Å². The lowest BCUT2D eigenvalue weighted by molar-refractivity contribution is -0.124. The molecule has 0 aliphatic carbocycles. The van der Waals surface area contributed by atoms with Crippen LogP contribution in [0.15, 0.2) is 24.3 Å². The van der Waals surface area contributed by atoms with Gasteiger partial charge in [-0.2, -0.15) is 0 Å². The van der Waals surface area contributed by atoms with Gasteiger partial charge in [0.05, 0.1) is 11.5 Å². The first-order valence-corrected chi connectivity index (χ1v) is 8.14. The Bertz CT molecular complexity index is 654. The fourth-order valence-corrected chi connectivity index (χ4v) is 3.71. The van der Waals surface area contributed by atoms with Crippen LogP contribution in [-0.4, -0.2) is 49.6 Å². The lowest BCUT2D eigenvalue weighted by Crippen LogP contribution is -2.38. The van der Waals surface area contributed by atoms with Crippen LogP contribution < -0.4 is 5.32 Å². The Balaban J connectivity index is 1.82. The van der Waals surface area contributed by atoms with E-state index < -0.39 is 34.4 Å². The fraction of sp³-hybridized carbons (Fsp3) is 0.385. The summed E-state index contributed by atoms with van der Waals surface area (Å²) in [6.45, 7) is -0.524. The normalized spacial score (nSPS) is 19.9. The first kappa shape index (κ1) is 15.3. The Kier molecular flexibility index (Phi) is 4.46. The van der Waals surface area contributed by atoms with Crippen molar-refractivity contribution in [3.8, 4) is 5.75 Å². The average molecular weight is 313 g/mol. The molecule has 1 aromatic carbocycles. The number of hydrogen-bond acceptors (Lipinski definition) is 6. The van der Waals surface area contributed by atoms with Gasteiger partial charge in [-0.3, -0.25) is 4.79 Å². The van der Waals surface area contributed by atoms with Crippen molar-refractivity contribution in [3.05, 3.63) is 29.8 Å². The van der Waals surface area contributed by atoms with Gasteiger partial charge in [0.1, 0.15) is 11.3 Å². The van der Waals surface area contributed by atoms with Crippen molar-refractivity contribution in [2.24, 2.45) is 0 Å². The molecule has 7 nitrogen and oxygen atoms in total. The summed E-state index contributed by atoms with van der Waals surface area (Å²) in [5.74, 6) is -1.66. The van der Waals surface area contributed by atoms with Gasteiger partial charge in [-0.25, -0.2) is 13.2 Å². The summed E-state index contributed by atoms with van der Waals surface area (Å²) in [5, 5.41) is 12.0. The Morgan fingerprint density at radius 1 is 1.33 bits per heavy atom. The van der Waals surface area contributed by atoms with Gasteiger partial charge in [0.15, 0.2) is 16.4 Å². The monoisotopic (exact) mass is 313 g/mol. The molecule has 21 heavy (non-hydrogen) atoms. The van der Waals surface area contributed by atoms with Gasteiger partial charge in [-0.1, -0.05) is 12.1 Å². The fourth-order valence-electron chi connectivity index (χ4n) is 2.03. The summed E-state index contributed by atoms with van der Waals surface area (Å²) in [5.41, 5.74) is -0.0336. The summed E-state index contributed by atoms with van der Waals surface area (Å²) in [4.78, 5) is 23.2. The van der Waals surface area contributed by atoms with Gasteiger partial charge in [-0.15, -0.1) is 0 Å². The van der Waals surface area contributed by atoms with Gasteiger partial charge in [0, 0.05) is 6.04 Å². The Labute approximate surface area is 121 Å². The van der Waals surface area contributed by atoms with Crippen LogP contribution in [-0.2, 0) is 19.4 Å². The van der Waals surface area contributed by atoms with E-state index in [1.54, 1.807) is 12.1 Å². The highest BCUT2D eigenvalue weighted by Gasteiger charge is 2.29. The predicted molar refractivity (Wildman–Crippen MR) is 73.6 cm³/mol. The number of rotatable bonds is 4. The van der Waals surface area contributed by atoms with Crippen molar-refractivity contribution in [3.63, 3.8) is 0 Å². The largest absolute Gasteiger partial charge is 0.507 e. The van der Waals surface area contributed by atoms with Crippen LogP contribution in [0.4, 0.5) is 0 Å². The number of benzene rings is 1. The van der Waals surface area contributed by atoms with E-state index in [0.29, 0.717) is 6.42 Å². The second-order valence-corrected chi connectivity index (χ2v) is 6.99. The standard InChI is InChI=1S/C13H15NO6S/c15-11-4-2-1-3-10(11)13(17)20-7-12(16)14-9-5-6-21(18,19)8-9/h1-4,9,15H,5-8H2,(H,14,16)/t9-/m0/s1. The third kappa shape index (κ3) is 4.19. The van der Waals surface area contributed by atoms with Crippen LogP contribution in [0.1, 0.15) is 16.8 Å². The molecule has 114 valence electrons. The summed E-state index contributed by atoms with van der Waals surface area (Å²) >= 11 is 0. The quantitative estimate of drug-likeness (QED) is 0.748. The topological polar surface area (TPSA) is 110 Å². The molecule has 0 spiro atoms. The smallest absolute Gasteiger partial charge is 0.342 e. The molecule has 1 saturated heterocycles. The highest BCUT2D eigenvalue weighted by molar-refractivity contribution is 7.91. The SMILES string of the molecule is O=C(COC(=O)c1ccccc1O)N[C@H]1CCS(=O)(=O)C1. The number of esters is 1. The van der Waals surface area contributed by atoms with Gasteiger partial charge in [0.2, 0.25) is 0 Å². The number of hydrogen-bond donors (Lipinski definition) is 2. The van der Waals surface area contributed by atoms with Crippen molar-refractivity contribution in [1.29, 1.82) is 0 Å². The number of phenolic OH excluding ortho intramolecular Hbond substituents is 1. The molecule has 1 fully saturated rings. The minimum Gasteiger partial charge on any atom is -0.507 e. The van der Waals surface area contributed by atoms with Crippen LogP contribution in [0.5, 0.6) is 5.75 Å². The number of para-hydroxylation sites is 1. The number of nitrogens with one attached hydrogen (secondary N) is 1. The second-order valence-electron chi connectivity index (χ2n) is 4.76. The van der Waals surface area contributed by atoms with Crippen LogP contribution in [0.3, 0.4) is 0 Å². The summed E-state index contributed by atoms with van der Waals surface area (Å²) < 4.78 is 27.3. The zero-order valence-corrected chi connectivity index (χ0v) is 11.9. The number of sulfone groups is 1. The predicted octanol–water partition coefficient (Wildman–Crippen LogP) is -0.148. The maximum atomic E-state index is 11.7. The van der Waals surface area contributed by atoms with E-state index in [1.807, 2.05) is 0 Å². The van der Waals surface area contributed by atoms with Crippen LogP contribution in [0.25, 0.3) is 0 Å². The van der Waals surface area contributed by atoms with Crippen molar-refractivity contribution in [2.75, 3.05) is 18.1 Å². The summed E-state index contributed by atoms with van der Waals surface area (Å²) in [6.07, 6.45) is 0.363. The molecule has 1 atom stereocenters. The first-order chi connectivity index (χ1) is 9.87. The van der Waals surface area contributed by atoms with Crippen molar-refractivity contribution in [2.45, 2.75) is 12.5 Å². The molecule has 1 aliphatic rings. The van der Waals surface area contributed by atoms with Crippen LogP contribution in [0.2, 0.25) is 0 Å². The van der Waals surface area contributed by atoms with E-state index in [-0.39, 0.29) is 22.8 Å². The van der Waals surface area contributed by atoms with Crippen molar-refractivity contribution in [1.82, 2.24) is 5.32 Å². The number of aromatic hydroxyl groups is 1. The minimum atomic E-state index is -3.08. The molecule has 1 heterocycles. The van der Waals surface area contributed by atoms with Gasteiger partial charge in [0.25, 0.3) is 5.91 Å². The van der Waals surface area contributed by atoms with Gasteiger partial charge < -0.3 is 15.2 Å². The maximum absolute atomic E-state index is 11.7. The molecule has 2 rings (SSSR count). The third-order valence-electron chi connectivity index (χ3n) is 3.06. The molecule has 0 bridgehead atoms. The molecule has 2 N–H and O–H groups in total. The first-order valence-electron chi connectivity index (χ1n) is 6.32. The number of phenols is 1. The molecule has 1 aliphatic heterocycles. The number of carbonyl (C=O) groups excluding carboxylic acids is 2. The number of amides is 1. The van der Waals surface area contributed by atoms with E-state index in [0.717, 1.165) is 0 Å². The van der Waals surface area contributed by atoms with E-state index in [1.165, 1.54) is 12.1 Å². The number of carbonyl (C=O) groups is 2. The molecule has 8 heteroatoms. The zero-order valence-electron chi connectivity index (χ0n) is 11.1. The molecule has 0 unspecified atom stereocenters. The number of ether oxygens (including phenoxy) is 1. The highest BCUT2D eigenvalue weighted by Crippen LogP contribution is 2.16. The van der Waals surface area contributed by atoms with E-state index >= 15 is 0 Å². The van der Waals surface area contributed by atoms with Crippen molar-refractivity contribution >= 4 is 21.7 Å². The zero-order chi connectivity index (χ0) is 15.5. The molecule has 0 saturated carbocycles. The third-order valence-corrected chi connectivity index (χ3v) is 4.82. The Morgan fingerprint density at radius 3 is 2.67 bits per heavy atom. The van der Waals surface area contributed by atoms with Crippen LogP contribution in [0, 0.1) is 0 Å². The lowest BCUT2D eigenvalue weighted by Gasteiger charge is -2.11. The van der Waals surface area contributed by atoms with Gasteiger partial charge >= 0.3 is 5.97 Å². The highest BCUT2D eigenvalue weighted by atomic mass is 32.2. The average Bonchev–Trinajstić information content (AvgIpc) is 2.75. The Hall–Kier alpha value is -2.09. The molecular formula is C13H15NO6S. The molecule has 1 aromatic rings.